The minimum Gasteiger partial charge on any atom is -0.383 e. The van der Waals surface area contributed by atoms with E-state index in [1.165, 1.54) is 0 Å². The van der Waals surface area contributed by atoms with Crippen molar-refractivity contribution in [1.29, 1.82) is 0 Å². The summed E-state index contributed by atoms with van der Waals surface area (Å²) in [6.45, 7) is 2.24. The fourth-order valence-corrected chi connectivity index (χ4v) is 3.35. The summed E-state index contributed by atoms with van der Waals surface area (Å²) < 4.78 is 10.2. The van der Waals surface area contributed by atoms with Gasteiger partial charge in [0.2, 0.25) is 5.91 Å². The van der Waals surface area contributed by atoms with Gasteiger partial charge < -0.3 is 14.8 Å². The molecule has 0 saturated carbocycles. The van der Waals surface area contributed by atoms with E-state index in [2.05, 4.69) is 5.32 Å². The fraction of sp³-hybridized carbons (Fsp3) is 0.318. The molecule has 0 spiro atoms. The molecule has 2 aromatic carbocycles. The molecule has 0 bridgehead atoms. The molecule has 1 N–H and O–H groups in total. The number of hydrogen-bond donors (Lipinski definition) is 1. The summed E-state index contributed by atoms with van der Waals surface area (Å²) in [6, 6.07) is 11.7. The molecular formula is C22H24N2O5. The Kier molecular flexibility index (Phi) is 6.87. The number of carbonyl (C=O) groups excluding carboxylic acids is 3. The maximum absolute atomic E-state index is 13.0. The monoisotopic (exact) mass is 396 g/mol. The van der Waals surface area contributed by atoms with Crippen LogP contribution in [0.15, 0.2) is 42.5 Å². The maximum atomic E-state index is 13.0. The van der Waals surface area contributed by atoms with E-state index in [4.69, 9.17) is 9.47 Å². The van der Waals surface area contributed by atoms with Crippen molar-refractivity contribution in [3.8, 4) is 0 Å². The number of anilines is 1. The van der Waals surface area contributed by atoms with E-state index in [1.807, 2.05) is 4.90 Å². The van der Waals surface area contributed by atoms with E-state index in [0.717, 1.165) is 0 Å². The van der Waals surface area contributed by atoms with Gasteiger partial charge in [-0.1, -0.05) is 36.4 Å². The molecule has 152 valence electrons. The third-order valence-corrected chi connectivity index (χ3v) is 4.82. The molecule has 0 aromatic heterocycles. The quantitative estimate of drug-likeness (QED) is 0.596. The number of rotatable bonds is 9. The number of hydrogen-bond acceptors (Lipinski definition) is 6. The van der Waals surface area contributed by atoms with Crippen molar-refractivity contribution in [2.45, 2.75) is 0 Å². The van der Waals surface area contributed by atoms with Crippen LogP contribution in [0.1, 0.15) is 31.8 Å². The molecular weight excluding hydrogens is 372 g/mol. The normalized spacial score (nSPS) is 12.7. The fourth-order valence-electron chi connectivity index (χ4n) is 3.35. The van der Waals surface area contributed by atoms with Crippen LogP contribution in [0.3, 0.4) is 0 Å². The van der Waals surface area contributed by atoms with Gasteiger partial charge in [0.25, 0.3) is 0 Å². The average Bonchev–Trinajstić information content (AvgIpc) is 2.73. The van der Waals surface area contributed by atoms with Crippen molar-refractivity contribution in [2.75, 3.05) is 52.4 Å². The first kappa shape index (κ1) is 20.9. The van der Waals surface area contributed by atoms with Crippen LogP contribution in [0.25, 0.3) is 0 Å². The van der Waals surface area contributed by atoms with Gasteiger partial charge in [-0.2, -0.15) is 0 Å². The Morgan fingerprint density at radius 3 is 2.07 bits per heavy atom. The van der Waals surface area contributed by atoms with Gasteiger partial charge in [-0.05, 0) is 6.07 Å². The largest absolute Gasteiger partial charge is 0.383 e. The van der Waals surface area contributed by atoms with Crippen LogP contribution in [0.4, 0.5) is 5.69 Å². The second-order valence-electron chi connectivity index (χ2n) is 6.74. The van der Waals surface area contributed by atoms with Crippen molar-refractivity contribution < 1.29 is 23.9 Å². The van der Waals surface area contributed by atoms with Gasteiger partial charge in [-0.25, -0.2) is 0 Å². The molecule has 3 rings (SSSR count). The van der Waals surface area contributed by atoms with Gasteiger partial charge in [-0.3, -0.25) is 19.3 Å². The Bertz CT molecular complexity index is 917. The Morgan fingerprint density at radius 2 is 1.45 bits per heavy atom. The van der Waals surface area contributed by atoms with E-state index in [1.54, 1.807) is 56.7 Å². The van der Waals surface area contributed by atoms with Crippen LogP contribution in [0, 0.1) is 0 Å². The molecule has 7 heteroatoms. The number of ether oxygens (including phenoxy) is 2. The summed E-state index contributed by atoms with van der Waals surface area (Å²) in [4.78, 5) is 40.4. The number of benzene rings is 2. The number of ketones is 2. The van der Waals surface area contributed by atoms with E-state index in [9.17, 15) is 14.4 Å². The van der Waals surface area contributed by atoms with Crippen molar-refractivity contribution in [2.24, 2.45) is 0 Å². The Labute approximate surface area is 169 Å². The molecule has 0 radical (unpaired) electrons. The molecule has 0 aliphatic heterocycles. The first-order chi connectivity index (χ1) is 14.1. The van der Waals surface area contributed by atoms with Crippen molar-refractivity contribution in [3.63, 3.8) is 0 Å². The molecule has 7 nitrogen and oxygen atoms in total. The second-order valence-corrected chi connectivity index (χ2v) is 6.74. The van der Waals surface area contributed by atoms with Gasteiger partial charge in [0, 0.05) is 44.0 Å². The molecule has 1 amide bonds. The maximum Gasteiger partial charge on any atom is 0.238 e. The molecule has 0 saturated heterocycles. The van der Waals surface area contributed by atoms with Crippen molar-refractivity contribution in [3.05, 3.63) is 64.7 Å². The highest BCUT2D eigenvalue weighted by molar-refractivity contribution is 6.30. The molecule has 2 aromatic rings. The lowest BCUT2D eigenvalue weighted by molar-refractivity contribution is -0.117. The number of methoxy groups -OCH3 is 2. The molecule has 29 heavy (non-hydrogen) atoms. The number of nitrogens with zero attached hydrogens (tertiary/aromatic N) is 1. The van der Waals surface area contributed by atoms with Crippen molar-refractivity contribution >= 4 is 23.2 Å². The highest BCUT2D eigenvalue weighted by Crippen LogP contribution is 2.31. The summed E-state index contributed by atoms with van der Waals surface area (Å²) in [7, 11) is 3.20. The van der Waals surface area contributed by atoms with Crippen LogP contribution < -0.4 is 5.32 Å². The molecule has 0 fully saturated rings. The van der Waals surface area contributed by atoms with E-state index >= 15 is 0 Å². The van der Waals surface area contributed by atoms with Gasteiger partial charge in [0.1, 0.15) is 0 Å². The third kappa shape index (κ3) is 4.59. The van der Waals surface area contributed by atoms with E-state index in [-0.39, 0.29) is 29.6 Å². The molecule has 1 aliphatic rings. The summed E-state index contributed by atoms with van der Waals surface area (Å²) in [5, 5.41) is 2.80. The Balaban J connectivity index is 1.81. The van der Waals surface area contributed by atoms with Crippen LogP contribution in [-0.2, 0) is 14.3 Å². The molecule has 0 heterocycles. The van der Waals surface area contributed by atoms with Gasteiger partial charge in [0.15, 0.2) is 11.6 Å². The Hall–Kier alpha value is -2.87. The van der Waals surface area contributed by atoms with Gasteiger partial charge in [0.05, 0.1) is 31.0 Å². The number of carbonyl (C=O) groups is 3. The molecule has 0 atom stereocenters. The first-order valence-electron chi connectivity index (χ1n) is 9.38. The minimum atomic E-state index is -0.273. The lowest BCUT2D eigenvalue weighted by Crippen LogP contribution is -2.38. The van der Waals surface area contributed by atoms with Gasteiger partial charge >= 0.3 is 0 Å². The minimum absolute atomic E-state index is 0.120. The highest BCUT2D eigenvalue weighted by atomic mass is 16.5. The van der Waals surface area contributed by atoms with Crippen LogP contribution in [0.2, 0.25) is 0 Å². The average molecular weight is 396 g/mol. The standard InChI is InChI=1S/C22H24N2O5/c1-28-12-10-24(11-13-29-2)14-19(25)23-18-9-5-8-17-20(18)22(27)16-7-4-3-6-15(16)21(17)26/h3-9H,10-14H2,1-2H3,(H,23,25). The number of nitrogens with one attached hydrogen (secondary N) is 1. The lowest BCUT2D eigenvalue weighted by Gasteiger charge is -2.23. The predicted octanol–water partition coefficient (Wildman–Crippen LogP) is 2.00. The molecule has 1 aliphatic carbocycles. The zero-order chi connectivity index (χ0) is 20.8. The summed E-state index contributed by atoms with van der Waals surface area (Å²) in [6.07, 6.45) is 0. The zero-order valence-electron chi connectivity index (χ0n) is 16.6. The van der Waals surface area contributed by atoms with Gasteiger partial charge in [-0.15, -0.1) is 0 Å². The van der Waals surface area contributed by atoms with Crippen LogP contribution in [0.5, 0.6) is 0 Å². The topological polar surface area (TPSA) is 84.9 Å². The molecule has 0 unspecified atom stereocenters. The summed E-state index contributed by atoms with van der Waals surface area (Å²) in [5.41, 5.74) is 1.64. The second kappa shape index (κ2) is 9.56. The highest BCUT2D eigenvalue weighted by Gasteiger charge is 2.31. The van der Waals surface area contributed by atoms with Crippen LogP contribution >= 0.6 is 0 Å². The smallest absolute Gasteiger partial charge is 0.238 e. The Morgan fingerprint density at radius 1 is 0.862 bits per heavy atom. The third-order valence-electron chi connectivity index (χ3n) is 4.82. The summed E-state index contributed by atoms with van der Waals surface area (Å²) in [5.74, 6) is -0.750. The van der Waals surface area contributed by atoms with E-state index in [0.29, 0.717) is 48.7 Å². The van der Waals surface area contributed by atoms with Crippen LogP contribution in [-0.4, -0.2) is 69.4 Å². The number of fused-ring (bicyclic) bond motifs is 2. The predicted molar refractivity (Wildman–Crippen MR) is 109 cm³/mol. The summed E-state index contributed by atoms with van der Waals surface area (Å²) >= 11 is 0. The van der Waals surface area contributed by atoms with Crippen molar-refractivity contribution in [1.82, 2.24) is 4.90 Å². The number of amides is 1. The van der Waals surface area contributed by atoms with E-state index < -0.39 is 0 Å². The lowest BCUT2D eigenvalue weighted by atomic mass is 9.83. The zero-order valence-corrected chi connectivity index (χ0v) is 16.6. The SMILES string of the molecule is COCCN(CCOC)CC(=O)Nc1cccc2c1C(=O)c1ccccc1C2=O. The first-order valence-corrected chi connectivity index (χ1v) is 9.38.